The van der Waals surface area contributed by atoms with Gasteiger partial charge in [-0.1, -0.05) is 27.7 Å². The fourth-order valence-corrected chi connectivity index (χ4v) is 12.4. The molecule has 0 saturated carbocycles. The van der Waals surface area contributed by atoms with Crippen molar-refractivity contribution in [2.45, 2.75) is 52.6 Å². The maximum atomic E-state index is 2.86. The molecule has 0 spiro atoms. The minimum atomic E-state index is 0.253. The first-order chi connectivity index (χ1) is 5.67. The highest BCUT2D eigenvalue weighted by Crippen LogP contribution is 2.08. The average Bonchev–Trinajstić information content (AvgIpc) is 2.11. The van der Waals surface area contributed by atoms with Crippen LogP contribution >= 0.6 is 0 Å². The fraction of sp³-hybridized carbons (Fsp3) is 1.00. The molecule has 0 radical (unpaired) electrons. The van der Waals surface area contributed by atoms with Crippen molar-refractivity contribution < 1.29 is 0 Å². The molecule has 0 aliphatic rings. The summed E-state index contributed by atoms with van der Waals surface area (Å²) in [5, 5.41) is 0. The van der Waals surface area contributed by atoms with Gasteiger partial charge in [0.2, 0.25) is 0 Å². The van der Waals surface area contributed by atoms with Crippen molar-refractivity contribution in [2.75, 3.05) is 0 Å². The van der Waals surface area contributed by atoms with E-state index in [0.29, 0.717) is 8.55 Å². The molecule has 0 heterocycles. The van der Waals surface area contributed by atoms with Crippen molar-refractivity contribution in [3.8, 4) is 0 Å². The van der Waals surface area contributed by atoms with E-state index in [1.54, 1.807) is 9.76 Å². The molecule has 0 aromatic carbocycles. The number of nitrogens with zero attached hydrogens (tertiary/aromatic N) is 1. The molecular formula is C8H25NSi3. The van der Waals surface area contributed by atoms with Crippen LogP contribution in [0, 0.1) is 0 Å². The van der Waals surface area contributed by atoms with Crippen LogP contribution in [0.5, 0.6) is 0 Å². The van der Waals surface area contributed by atoms with Gasteiger partial charge in [-0.25, -0.2) is 0 Å². The van der Waals surface area contributed by atoms with Crippen molar-refractivity contribution in [2.24, 2.45) is 0 Å². The summed E-state index contributed by atoms with van der Waals surface area (Å²) in [6.45, 7) is 9.46. The van der Waals surface area contributed by atoms with Crippen LogP contribution in [0.25, 0.3) is 0 Å². The van der Waals surface area contributed by atoms with Crippen LogP contribution in [0.1, 0.15) is 40.5 Å². The molecule has 74 valence electrons. The van der Waals surface area contributed by atoms with Gasteiger partial charge < -0.3 is 4.57 Å². The molecule has 0 bridgehead atoms. The average molecular weight is 220 g/mol. The molecule has 2 unspecified atom stereocenters. The van der Waals surface area contributed by atoms with Crippen LogP contribution < -0.4 is 0 Å². The van der Waals surface area contributed by atoms with Gasteiger partial charge in [0.25, 0.3) is 0 Å². The predicted octanol–water partition coefficient (Wildman–Crippen LogP) is -0.667. The lowest BCUT2D eigenvalue weighted by Gasteiger charge is -2.33. The largest absolute Gasteiger partial charge is 0.327 e. The van der Waals surface area contributed by atoms with Gasteiger partial charge in [0.05, 0.1) is 9.20 Å². The maximum Gasteiger partial charge on any atom is 0.0767 e. The standard InChI is InChI=1S/C8H25NSi3/c1-5-7(3)9(11-12-10)8(4)6-2/h7-8H,5-6,11-12H2,1-4,10H3. The molecule has 0 rings (SSSR count). The van der Waals surface area contributed by atoms with E-state index in [2.05, 4.69) is 32.3 Å². The summed E-state index contributed by atoms with van der Waals surface area (Å²) in [5.74, 6) is 0. The first-order valence-corrected chi connectivity index (χ1v) is 15.7. The normalized spacial score (nSPS) is 18.8. The summed E-state index contributed by atoms with van der Waals surface area (Å²) in [6, 6.07) is 1.74. The first-order valence-electron chi connectivity index (χ1n) is 5.43. The van der Waals surface area contributed by atoms with E-state index < -0.39 is 0 Å². The van der Waals surface area contributed by atoms with Crippen molar-refractivity contribution in [1.82, 2.24) is 4.57 Å². The molecule has 2 atom stereocenters. The second kappa shape index (κ2) is 7.06. The lowest BCUT2D eigenvalue weighted by molar-refractivity contribution is 0.273. The molecule has 0 N–H and O–H groups in total. The van der Waals surface area contributed by atoms with Gasteiger partial charge in [0.15, 0.2) is 0 Å². The summed E-state index contributed by atoms with van der Waals surface area (Å²) in [5.41, 5.74) is 0. The molecule has 1 nitrogen and oxygen atoms in total. The van der Waals surface area contributed by atoms with Gasteiger partial charge in [-0.3, -0.25) is 0 Å². The van der Waals surface area contributed by atoms with Crippen molar-refractivity contribution >= 4 is 27.5 Å². The molecule has 0 aromatic rings. The molecule has 0 aromatic heterocycles. The van der Waals surface area contributed by atoms with Gasteiger partial charge >= 0.3 is 0 Å². The summed E-state index contributed by atoms with van der Waals surface area (Å²) in [7, 11) is 2.26. The molecule has 0 amide bonds. The summed E-state index contributed by atoms with van der Waals surface area (Å²) >= 11 is 0. The first kappa shape index (κ1) is 12.6. The predicted molar refractivity (Wildman–Crippen MR) is 68.4 cm³/mol. The Bertz CT molecular complexity index is 100. The smallest absolute Gasteiger partial charge is 0.0767 e. The van der Waals surface area contributed by atoms with E-state index in [4.69, 9.17) is 0 Å². The minimum absolute atomic E-state index is 0.253. The Hall–Kier alpha value is 0.611. The van der Waals surface area contributed by atoms with Gasteiger partial charge in [-0.15, -0.1) is 0 Å². The van der Waals surface area contributed by atoms with Crippen LogP contribution in [0.2, 0.25) is 0 Å². The van der Waals surface area contributed by atoms with Crippen LogP contribution in [-0.2, 0) is 0 Å². The van der Waals surface area contributed by atoms with E-state index in [-0.39, 0.29) is 9.20 Å². The zero-order valence-electron chi connectivity index (χ0n) is 9.43. The zero-order valence-corrected chi connectivity index (χ0v) is 14.3. The third-order valence-electron chi connectivity index (χ3n) is 2.80. The molecule has 0 aliphatic carbocycles. The summed E-state index contributed by atoms with van der Waals surface area (Å²) in [6.07, 6.45) is 2.68. The quantitative estimate of drug-likeness (QED) is 0.536. The third-order valence-corrected chi connectivity index (χ3v) is 11.9. The van der Waals surface area contributed by atoms with E-state index in [9.17, 15) is 0 Å². The van der Waals surface area contributed by atoms with Crippen molar-refractivity contribution in [3.05, 3.63) is 0 Å². The number of rotatable bonds is 6. The van der Waals surface area contributed by atoms with E-state index >= 15 is 0 Å². The Morgan fingerprint density at radius 2 is 1.58 bits per heavy atom. The Labute approximate surface area is 85.0 Å². The van der Waals surface area contributed by atoms with Crippen LogP contribution in [-0.4, -0.2) is 44.2 Å². The van der Waals surface area contributed by atoms with Crippen molar-refractivity contribution in [1.29, 1.82) is 0 Å². The second-order valence-corrected chi connectivity index (χ2v) is 19.3. The topological polar surface area (TPSA) is 3.24 Å². The highest BCUT2D eigenvalue weighted by atomic mass is 29.5. The monoisotopic (exact) mass is 219 g/mol. The number of hydrogen-bond donors (Lipinski definition) is 0. The highest BCUT2D eigenvalue weighted by Gasteiger charge is 2.15. The molecule has 0 fully saturated rings. The third kappa shape index (κ3) is 4.02. The van der Waals surface area contributed by atoms with Gasteiger partial charge in [-0.2, -0.15) is 0 Å². The highest BCUT2D eigenvalue weighted by molar-refractivity contribution is 7.23. The second-order valence-electron chi connectivity index (χ2n) is 3.75. The molecule has 0 aliphatic heterocycles. The summed E-state index contributed by atoms with van der Waals surface area (Å²) < 4.78 is 2.86. The van der Waals surface area contributed by atoms with Crippen LogP contribution in [0.4, 0.5) is 0 Å². The lowest BCUT2D eigenvalue weighted by atomic mass is 10.2. The van der Waals surface area contributed by atoms with E-state index in [1.165, 1.54) is 12.8 Å². The van der Waals surface area contributed by atoms with Crippen LogP contribution in [0.3, 0.4) is 0 Å². The molecular weight excluding hydrogens is 194 g/mol. The van der Waals surface area contributed by atoms with E-state index in [1.807, 2.05) is 0 Å². The molecule has 0 saturated heterocycles. The number of hydrogen-bond acceptors (Lipinski definition) is 1. The van der Waals surface area contributed by atoms with Gasteiger partial charge in [0, 0.05) is 8.55 Å². The van der Waals surface area contributed by atoms with Crippen molar-refractivity contribution in [3.63, 3.8) is 0 Å². The Balaban J connectivity index is 4.01. The maximum absolute atomic E-state index is 2.86. The Morgan fingerprint density at radius 3 is 1.83 bits per heavy atom. The fourth-order valence-electron chi connectivity index (χ4n) is 1.60. The zero-order chi connectivity index (χ0) is 9.56. The minimum Gasteiger partial charge on any atom is -0.327 e. The SMILES string of the molecule is CCC(C)N([SiH2][SiH2][SiH3])C(C)CC. The Morgan fingerprint density at radius 1 is 1.17 bits per heavy atom. The van der Waals surface area contributed by atoms with Gasteiger partial charge in [-0.05, 0) is 34.7 Å². The molecule has 12 heavy (non-hydrogen) atoms. The summed E-state index contributed by atoms with van der Waals surface area (Å²) in [4.78, 5) is 0. The van der Waals surface area contributed by atoms with E-state index in [0.717, 1.165) is 12.1 Å². The molecule has 4 heteroatoms. The Kier molecular flexibility index (Phi) is 7.42. The van der Waals surface area contributed by atoms with Gasteiger partial charge in [0.1, 0.15) is 0 Å². The lowest BCUT2D eigenvalue weighted by Crippen LogP contribution is -2.44. The van der Waals surface area contributed by atoms with Crippen LogP contribution in [0.15, 0.2) is 0 Å².